The van der Waals surface area contributed by atoms with Crippen molar-refractivity contribution in [3.05, 3.63) is 10.6 Å². The van der Waals surface area contributed by atoms with Crippen LogP contribution in [0.15, 0.2) is 0 Å². The van der Waals surface area contributed by atoms with Gasteiger partial charge in [-0.2, -0.15) is 4.68 Å². The molecule has 0 radical (unpaired) electrons. The lowest BCUT2D eigenvalue weighted by molar-refractivity contribution is 0.201. The lowest BCUT2D eigenvalue weighted by Crippen LogP contribution is -2.35. The monoisotopic (exact) mass is 270 g/mol. The van der Waals surface area contributed by atoms with E-state index < -0.39 is 0 Å². The largest absolute Gasteiger partial charge is 0.347 e. The molecule has 0 aliphatic carbocycles. The van der Waals surface area contributed by atoms with Crippen LogP contribution in [0.25, 0.3) is 0 Å². The van der Waals surface area contributed by atoms with Gasteiger partial charge in [-0.05, 0) is 26.1 Å². The molecular weight excluding hydrogens is 248 g/mol. The Morgan fingerprint density at radius 1 is 1.33 bits per heavy atom. The Bertz CT molecular complexity index is 491. The zero-order chi connectivity index (χ0) is 14.1. The van der Waals surface area contributed by atoms with Crippen molar-refractivity contribution in [2.75, 3.05) is 13.1 Å². The summed E-state index contributed by atoms with van der Waals surface area (Å²) in [5.41, 5.74) is -0.142. The molecular formula is C12H22N4OS. The molecule has 5 nitrogen and oxygen atoms in total. The number of hydrogen-bond donors (Lipinski definition) is 0. The molecule has 1 amide bonds. The van der Waals surface area contributed by atoms with Crippen LogP contribution >= 0.6 is 12.2 Å². The molecule has 0 aliphatic rings. The van der Waals surface area contributed by atoms with Gasteiger partial charge in [-0.15, -0.1) is 5.10 Å². The van der Waals surface area contributed by atoms with Gasteiger partial charge in [0.2, 0.25) is 4.77 Å². The first-order valence-electron chi connectivity index (χ1n) is 6.19. The summed E-state index contributed by atoms with van der Waals surface area (Å²) in [6, 6.07) is -0.156. The van der Waals surface area contributed by atoms with E-state index in [1.807, 2.05) is 20.9 Å². The second-order valence-electron chi connectivity index (χ2n) is 5.28. The highest BCUT2D eigenvalue weighted by atomic mass is 32.1. The Balaban J connectivity index is 3.29. The van der Waals surface area contributed by atoms with Gasteiger partial charge in [0.05, 0.1) is 0 Å². The molecule has 0 aliphatic heterocycles. The number of hydrogen-bond acceptors (Lipinski definition) is 3. The Morgan fingerprint density at radius 3 is 2.17 bits per heavy atom. The lowest BCUT2D eigenvalue weighted by Gasteiger charge is -2.18. The summed E-state index contributed by atoms with van der Waals surface area (Å²) in [6.07, 6.45) is 0. The normalized spacial score (nSPS) is 11.7. The molecule has 0 fully saturated rings. The van der Waals surface area contributed by atoms with E-state index in [4.69, 9.17) is 12.2 Å². The summed E-state index contributed by atoms with van der Waals surface area (Å²) in [5.74, 6) is 0.813. The Labute approximate surface area is 113 Å². The van der Waals surface area contributed by atoms with Crippen LogP contribution in [-0.4, -0.2) is 38.4 Å². The van der Waals surface area contributed by atoms with Crippen molar-refractivity contribution in [3.63, 3.8) is 0 Å². The van der Waals surface area contributed by atoms with E-state index in [1.165, 1.54) is 4.68 Å². The maximum atomic E-state index is 12.3. The van der Waals surface area contributed by atoms with E-state index in [2.05, 4.69) is 25.9 Å². The van der Waals surface area contributed by atoms with E-state index >= 15 is 0 Å². The zero-order valence-electron chi connectivity index (χ0n) is 12.0. The molecule has 1 rings (SSSR count). The minimum Gasteiger partial charge on any atom is -0.323 e. The predicted octanol–water partition coefficient (Wildman–Crippen LogP) is 2.56. The average molecular weight is 270 g/mol. The molecule has 0 aromatic carbocycles. The van der Waals surface area contributed by atoms with E-state index in [9.17, 15) is 4.79 Å². The first kappa shape index (κ1) is 14.9. The van der Waals surface area contributed by atoms with Gasteiger partial charge in [0.25, 0.3) is 0 Å². The van der Waals surface area contributed by atoms with Crippen molar-refractivity contribution < 1.29 is 4.79 Å². The molecule has 1 aromatic heterocycles. The quantitative estimate of drug-likeness (QED) is 0.776. The highest BCUT2D eigenvalue weighted by molar-refractivity contribution is 7.71. The number of amides is 1. The van der Waals surface area contributed by atoms with Crippen LogP contribution in [0.4, 0.5) is 4.79 Å². The highest BCUT2D eigenvalue weighted by Crippen LogP contribution is 2.20. The molecule has 0 saturated heterocycles. The summed E-state index contributed by atoms with van der Waals surface area (Å²) >= 11 is 5.29. The molecule has 0 atom stereocenters. The molecule has 0 spiro atoms. The maximum Gasteiger partial charge on any atom is 0.347 e. The number of nitrogens with zero attached hydrogens (tertiary/aromatic N) is 4. The van der Waals surface area contributed by atoms with Gasteiger partial charge < -0.3 is 9.47 Å². The third kappa shape index (κ3) is 2.63. The first-order chi connectivity index (χ1) is 8.23. The van der Waals surface area contributed by atoms with Crippen LogP contribution < -0.4 is 0 Å². The maximum absolute atomic E-state index is 12.3. The van der Waals surface area contributed by atoms with Gasteiger partial charge >= 0.3 is 6.03 Å². The van der Waals surface area contributed by atoms with Crippen molar-refractivity contribution in [2.45, 2.75) is 40.0 Å². The standard InChI is InChI=1S/C12H22N4OS/c1-7-15(8-2)10(17)16-11(18)14(6)9(13-16)12(3,4)5/h7-8H2,1-6H3. The highest BCUT2D eigenvalue weighted by Gasteiger charge is 2.24. The van der Waals surface area contributed by atoms with Crippen LogP contribution in [-0.2, 0) is 12.5 Å². The van der Waals surface area contributed by atoms with Gasteiger partial charge in [-0.3, -0.25) is 0 Å². The van der Waals surface area contributed by atoms with Crippen molar-refractivity contribution in [3.8, 4) is 0 Å². The summed E-state index contributed by atoms with van der Waals surface area (Å²) < 4.78 is 3.57. The fourth-order valence-electron chi connectivity index (χ4n) is 1.84. The van der Waals surface area contributed by atoms with Gasteiger partial charge in [0.1, 0.15) is 5.82 Å². The zero-order valence-corrected chi connectivity index (χ0v) is 12.8. The molecule has 0 unspecified atom stereocenters. The van der Waals surface area contributed by atoms with E-state index in [0.29, 0.717) is 17.9 Å². The second kappa shape index (κ2) is 5.22. The van der Waals surface area contributed by atoms with E-state index in [-0.39, 0.29) is 11.4 Å². The number of carbonyl (C=O) groups excluding carboxylic acids is 1. The average Bonchev–Trinajstić information content (AvgIpc) is 2.57. The minimum atomic E-state index is -0.156. The smallest absolute Gasteiger partial charge is 0.323 e. The number of rotatable bonds is 2. The topological polar surface area (TPSA) is 43.1 Å². The fraction of sp³-hybridized carbons (Fsp3) is 0.750. The summed E-state index contributed by atoms with van der Waals surface area (Å²) in [5, 5.41) is 4.38. The summed E-state index contributed by atoms with van der Waals surface area (Å²) in [4.78, 5) is 14.0. The molecule has 1 aromatic rings. The van der Waals surface area contributed by atoms with Crippen molar-refractivity contribution >= 4 is 18.2 Å². The third-order valence-electron chi connectivity index (χ3n) is 2.87. The van der Waals surface area contributed by atoms with Crippen LogP contribution in [0.3, 0.4) is 0 Å². The van der Waals surface area contributed by atoms with Gasteiger partial charge in [0, 0.05) is 25.6 Å². The number of carbonyl (C=O) groups is 1. The molecule has 18 heavy (non-hydrogen) atoms. The van der Waals surface area contributed by atoms with E-state index in [0.717, 1.165) is 5.82 Å². The third-order valence-corrected chi connectivity index (χ3v) is 3.31. The molecule has 102 valence electrons. The minimum absolute atomic E-state index is 0.142. The molecule has 1 heterocycles. The fourth-order valence-corrected chi connectivity index (χ4v) is 2.05. The van der Waals surface area contributed by atoms with Gasteiger partial charge in [0.15, 0.2) is 0 Å². The first-order valence-corrected chi connectivity index (χ1v) is 6.60. The predicted molar refractivity (Wildman–Crippen MR) is 74.4 cm³/mol. The molecule has 0 N–H and O–H groups in total. The van der Waals surface area contributed by atoms with Crippen LogP contribution in [0.1, 0.15) is 40.4 Å². The van der Waals surface area contributed by atoms with Crippen molar-refractivity contribution in [1.82, 2.24) is 19.2 Å². The second-order valence-corrected chi connectivity index (χ2v) is 5.65. The SMILES string of the molecule is CCN(CC)C(=O)n1nc(C(C)(C)C)n(C)c1=S. The van der Waals surface area contributed by atoms with E-state index in [1.54, 1.807) is 9.47 Å². The Hall–Kier alpha value is -1.17. The van der Waals surface area contributed by atoms with Gasteiger partial charge in [-0.1, -0.05) is 20.8 Å². The van der Waals surface area contributed by atoms with Gasteiger partial charge in [-0.25, -0.2) is 4.79 Å². The van der Waals surface area contributed by atoms with Crippen LogP contribution in [0.5, 0.6) is 0 Å². The Morgan fingerprint density at radius 2 is 1.83 bits per heavy atom. The molecule has 6 heteroatoms. The van der Waals surface area contributed by atoms with Crippen LogP contribution in [0, 0.1) is 4.77 Å². The summed E-state index contributed by atoms with van der Waals surface area (Å²) in [7, 11) is 1.85. The van der Waals surface area contributed by atoms with Crippen LogP contribution in [0.2, 0.25) is 0 Å². The lowest BCUT2D eigenvalue weighted by atomic mass is 9.96. The summed E-state index contributed by atoms with van der Waals surface area (Å²) in [6.45, 7) is 11.3. The van der Waals surface area contributed by atoms with Crippen molar-refractivity contribution in [1.29, 1.82) is 0 Å². The van der Waals surface area contributed by atoms with Crippen molar-refractivity contribution in [2.24, 2.45) is 7.05 Å². The number of aromatic nitrogens is 3. The molecule has 0 bridgehead atoms. The molecule has 0 saturated carbocycles. The Kier molecular flexibility index (Phi) is 4.32.